The highest BCUT2D eigenvalue weighted by molar-refractivity contribution is 7.07. The molecule has 0 aromatic carbocycles. The number of rotatable bonds is 6. The molecule has 1 amide bonds. The molecule has 1 aromatic rings. The minimum Gasteiger partial charge on any atom is -0.359 e. The first-order valence-corrected chi connectivity index (χ1v) is 6.69. The van der Waals surface area contributed by atoms with E-state index in [1.165, 1.54) is 5.56 Å². The summed E-state index contributed by atoms with van der Waals surface area (Å²) in [6, 6.07) is 2.31. The molecule has 0 bridgehead atoms. The summed E-state index contributed by atoms with van der Waals surface area (Å²) < 4.78 is 0. The van der Waals surface area contributed by atoms with Gasteiger partial charge in [-0.25, -0.2) is 0 Å². The zero-order chi connectivity index (χ0) is 12.8. The maximum Gasteiger partial charge on any atom is 0.221 e. The first kappa shape index (κ1) is 14.2. The SMILES string of the molecule is CNC(=O)CCN(C)C(c1ccsc1)C(C)N. The van der Waals surface area contributed by atoms with Gasteiger partial charge in [0.05, 0.1) is 6.04 Å². The van der Waals surface area contributed by atoms with E-state index in [0.717, 1.165) is 0 Å². The fraction of sp³-hybridized carbons (Fsp3) is 0.583. The van der Waals surface area contributed by atoms with Gasteiger partial charge >= 0.3 is 0 Å². The largest absolute Gasteiger partial charge is 0.359 e. The Morgan fingerprint density at radius 3 is 2.82 bits per heavy atom. The molecule has 0 aliphatic rings. The Hall–Kier alpha value is -0.910. The van der Waals surface area contributed by atoms with E-state index < -0.39 is 0 Å². The number of nitrogens with zero attached hydrogens (tertiary/aromatic N) is 1. The standard InChI is InChI=1S/C12H21N3OS/c1-9(13)12(10-5-7-17-8-10)15(3)6-4-11(16)14-2/h5,7-9,12H,4,6,13H2,1-3H3,(H,14,16). The molecule has 2 atom stereocenters. The lowest BCUT2D eigenvalue weighted by molar-refractivity contribution is -0.121. The summed E-state index contributed by atoms with van der Waals surface area (Å²) >= 11 is 1.67. The van der Waals surface area contributed by atoms with Crippen LogP contribution in [0.4, 0.5) is 0 Å². The van der Waals surface area contributed by atoms with Crippen molar-refractivity contribution >= 4 is 17.2 Å². The fourth-order valence-electron chi connectivity index (χ4n) is 1.94. The van der Waals surface area contributed by atoms with Gasteiger partial charge in [-0.2, -0.15) is 11.3 Å². The number of carbonyl (C=O) groups excluding carboxylic acids is 1. The number of thiophene rings is 1. The Labute approximate surface area is 107 Å². The average Bonchev–Trinajstić information content (AvgIpc) is 2.79. The van der Waals surface area contributed by atoms with Gasteiger partial charge in [-0.1, -0.05) is 0 Å². The molecule has 0 saturated carbocycles. The van der Waals surface area contributed by atoms with Crippen LogP contribution in [0.2, 0.25) is 0 Å². The molecule has 1 heterocycles. The minimum atomic E-state index is 0.0410. The zero-order valence-electron chi connectivity index (χ0n) is 10.6. The van der Waals surface area contributed by atoms with Crippen molar-refractivity contribution in [3.8, 4) is 0 Å². The van der Waals surface area contributed by atoms with Crippen molar-refractivity contribution in [1.29, 1.82) is 0 Å². The molecule has 2 unspecified atom stereocenters. The number of nitrogens with one attached hydrogen (secondary N) is 1. The van der Waals surface area contributed by atoms with Gasteiger partial charge < -0.3 is 11.1 Å². The van der Waals surface area contributed by atoms with Crippen molar-refractivity contribution in [1.82, 2.24) is 10.2 Å². The smallest absolute Gasteiger partial charge is 0.221 e. The van der Waals surface area contributed by atoms with Crippen LogP contribution in [-0.2, 0) is 4.79 Å². The quantitative estimate of drug-likeness (QED) is 0.803. The van der Waals surface area contributed by atoms with Crippen LogP contribution in [-0.4, -0.2) is 37.5 Å². The second-order valence-electron chi connectivity index (χ2n) is 4.26. The molecular formula is C12H21N3OS. The van der Waals surface area contributed by atoms with Crippen molar-refractivity contribution in [3.63, 3.8) is 0 Å². The second-order valence-corrected chi connectivity index (χ2v) is 5.04. The van der Waals surface area contributed by atoms with E-state index in [1.54, 1.807) is 18.4 Å². The Morgan fingerprint density at radius 2 is 2.35 bits per heavy atom. The predicted octanol–water partition coefficient (Wildman–Crippen LogP) is 1.20. The van der Waals surface area contributed by atoms with E-state index in [4.69, 9.17) is 5.73 Å². The Balaban J connectivity index is 2.62. The van der Waals surface area contributed by atoms with Gasteiger partial charge in [0.25, 0.3) is 0 Å². The number of nitrogens with two attached hydrogens (primary N) is 1. The topological polar surface area (TPSA) is 58.4 Å². The second kappa shape index (κ2) is 6.74. The maximum atomic E-state index is 11.2. The summed E-state index contributed by atoms with van der Waals surface area (Å²) in [6.07, 6.45) is 0.500. The lowest BCUT2D eigenvalue weighted by Crippen LogP contribution is -2.38. The average molecular weight is 255 g/mol. The van der Waals surface area contributed by atoms with Crippen LogP contribution in [0.15, 0.2) is 16.8 Å². The Kier molecular flexibility index (Phi) is 5.61. The van der Waals surface area contributed by atoms with Gasteiger partial charge in [0.1, 0.15) is 0 Å². The number of amides is 1. The summed E-state index contributed by atoms with van der Waals surface area (Å²) in [4.78, 5) is 13.4. The summed E-state index contributed by atoms with van der Waals surface area (Å²) in [6.45, 7) is 2.71. The molecule has 1 rings (SSSR count). The van der Waals surface area contributed by atoms with E-state index in [1.807, 2.05) is 14.0 Å². The van der Waals surface area contributed by atoms with Gasteiger partial charge in [-0.15, -0.1) is 0 Å². The highest BCUT2D eigenvalue weighted by Gasteiger charge is 2.21. The highest BCUT2D eigenvalue weighted by atomic mass is 32.1. The van der Waals surface area contributed by atoms with E-state index in [-0.39, 0.29) is 18.0 Å². The third-order valence-electron chi connectivity index (χ3n) is 2.83. The molecule has 1 aromatic heterocycles. The van der Waals surface area contributed by atoms with E-state index in [0.29, 0.717) is 13.0 Å². The minimum absolute atomic E-state index is 0.0410. The van der Waals surface area contributed by atoms with Crippen molar-refractivity contribution < 1.29 is 4.79 Å². The molecule has 0 radical (unpaired) electrons. The number of hydrogen-bond donors (Lipinski definition) is 2. The molecule has 0 aliphatic heterocycles. The van der Waals surface area contributed by atoms with Crippen LogP contribution in [0.25, 0.3) is 0 Å². The Bertz CT molecular complexity index is 338. The molecule has 17 heavy (non-hydrogen) atoms. The lowest BCUT2D eigenvalue weighted by atomic mass is 10.0. The molecule has 0 saturated heterocycles. The van der Waals surface area contributed by atoms with Crippen molar-refractivity contribution in [3.05, 3.63) is 22.4 Å². The molecule has 0 fully saturated rings. The lowest BCUT2D eigenvalue weighted by Gasteiger charge is -2.30. The van der Waals surface area contributed by atoms with Gasteiger partial charge in [-0.3, -0.25) is 9.69 Å². The number of hydrogen-bond acceptors (Lipinski definition) is 4. The molecule has 4 nitrogen and oxygen atoms in total. The van der Waals surface area contributed by atoms with Crippen LogP contribution in [0.3, 0.4) is 0 Å². The Morgan fingerprint density at radius 1 is 1.65 bits per heavy atom. The molecule has 96 valence electrons. The predicted molar refractivity (Wildman–Crippen MR) is 72.0 cm³/mol. The van der Waals surface area contributed by atoms with Crippen molar-refractivity contribution in [2.45, 2.75) is 25.4 Å². The van der Waals surface area contributed by atoms with Gasteiger partial charge in [0, 0.05) is 26.1 Å². The van der Waals surface area contributed by atoms with Gasteiger partial charge in [-0.05, 0) is 36.4 Å². The first-order valence-electron chi connectivity index (χ1n) is 5.74. The third kappa shape index (κ3) is 4.11. The third-order valence-corrected chi connectivity index (χ3v) is 3.53. The van der Waals surface area contributed by atoms with Crippen LogP contribution in [0.1, 0.15) is 24.9 Å². The molecule has 5 heteroatoms. The van der Waals surface area contributed by atoms with E-state index >= 15 is 0 Å². The zero-order valence-corrected chi connectivity index (χ0v) is 11.5. The molecular weight excluding hydrogens is 234 g/mol. The van der Waals surface area contributed by atoms with E-state index in [9.17, 15) is 4.79 Å². The summed E-state index contributed by atoms with van der Waals surface area (Å²) in [5.74, 6) is 0.0607. The number of likely N-dealkylation sites (N-methyl/N-ethyl adjacent to an activating group) is 1. The monoisotopic (exact) mass is 255 g/mol. The van der Waals surface area contributed by atoms with Crippen LogP contribution < -0.4 is 11.1 Å². The summed E-state index contributed by atoms with van der Waals surface area (Å²) in [5, 5.41) is 6.80. The number of carbonyl (C=O) groups is 1. The summed E-state index contributed by atoms with van der Waals surface area (Å²) in [7, 11) is 3.67. The van der Waals surface area contributed by atoms with E-state index in [2.05, 4.69) is 27.0 Å². The maximum absolute atomic E-state index is 11.2. The van der Waals surface area contributed by atoms with Gasteiger partial charge in [0.2, 0.25) is 5.91 Å². The van der Waals surface area contributed by atoms with Crippen LogP contribution >= 0.6 is 11.3 Å². The van der Waals surface area contributed by atoms with Crippen LogP contribution in [0, 0.1) is 0 Å². The molecule has 3 N–H and O–H groups in total. The summed E-state index contributed by atoms with van der Waals surface area (Å²) in [5.41, 5.74) is 7.26. The highest BCUT2D eigenvalue weighted by Crippen LogP contribution is 2.24. The molecule has 0 aliphatic carbocycles. The normalized spacial score (nSPS) is 14.6. The van der Waals surface area contributed by atoms with Crippen molar-refractivity contribution in [2.75, 3.05) is 20.6 Å². The molecule has 0 spiro atoms. The fourth-order valence-corrected chi connectivity index (χ4v) is 2.63. The van der Waals surface area contributed by atoms with Gasteiger partial charge in [0.15, 0.2) is 0 Å². The van der Waals surface area contributed by atoms with Crippen molar-refractivity contribution in [2.24, 2.45) is 5.73 Å². The first-order chi connectivity index (χ1) is 8.06. The van der Waals surface area contributed by atoms with Crippen LogP contribution in [0.5, 0.6) is 0 Å².